The second-order valence-corrected chi connectivity index (χ2v) is 11.7. The summed E-state index contributed by atoms with van der Waals surface area (Å²) >= 11 is 6.15. The summed E-state index contributed by atoms with van der Waals surface area (Å²) in [7, 11) is 1.43. The van der Waals surface area contributed by atoms with Crippen molar-refractivity contribution >= 4 is 23.5 Å². The second kappa shape index (κ2) is 18.2. The van der Waals surface area contributed by atoms with E-state index in [0.29, 0.717) is 12.2 Å². The fourth-order valence-electron chi connectivity index (χ4n) is 4.61. The minimum atomic E-state index is -0.770. The van der Waals surface area contributed by atoms with Crippen LogP contribution < -0.4 is 18.9 Å². The number of alkyl halides is 1. The summed E-state index contributed by atoms with van der Waals surface area (Å²) in [4.78, 5) is 25.1. The standard InChI is InChI=1S/C36H45ClO6/c1-5-6-7-8-9-10-11-12-23-41-30-18-13-27(14-19-30)28-15-20-31(21-16-28)42-35(38)29-17-22-33(34(25-29)40-4)43-36(39)32(37)24-26(2)3/h13-22,25-26,32H,5-12,23-24H2,1-4H3/t32-/m0/s1. The molecule has 3 rings (SSSR count). The first kappa shape index (κ1) is 34.0. The number of benzene rings is 3. The molecule has 0 fully saturated rings. The smallest absolute Gasteiger partial charge is 0.343 e. The van der Waals surface area contributed by atoms with Crippen LogP contribution in [0, 0.1) is 5.92 Å². The van der Waals surface area contributed by atoms with Crippen molar-refractivity contribution in [1.29, 1.82) is 0 Å². The second-order valence-electron chi connectivity index (χ2n) is 11.1. The van der Waals surface area contributed by atoms with Crippen molar-refractivity contribution in [3.8, 4) is 34.1 Å². The van der Waals surface area contributed by atoms with Crippen molar-refractivity contribution < 1.29 is 28.5 Å². The summed E-state index contributed by atoms with van der Waals surface area (Å²) in [5.74, 6) is 0.822. The first-order chi connectivity index (χ1) is 20.8. The van der Waals surface area contributed by atoms with E-state index in [9.17, 15) is 9.59 Å². The fourth-order valence-corrected chi connectivity index (χ4v) is 5.01. The molecule has 1 atom stereocenters. The van der Waals surface area contributed by atoms with E-state index in [1.165, 1.54) is 70.3 Å². The highest BCUT2D eigenvalue weighted by molar-refractivity contribution is 6.30. The van der Waals surface area contributed by atoms with Gasteiger partial charge in [-0.1, -0.05) is 90.0 Å². The van der Waals surface area contributed by atoms with Crippen LogP contribution in [0.3, 0.4) is 0 Å². The Bertz CT molecular complexity index is 1270. The van der Waals surface area contributed by atoms with Gasteiger partial charge in [0.15, 0.2) is 11.5 Å². The third-order valence-corrected chi connectivity index (χ3v) is 7.42. The monoisotopic (exact) mass is 608 g/mol. The van der Waals surface area contributed by atoms with Gasteiger partial charge in [0.2, 0.25) is 0 Å². The van der Waals surface area contributed by atoms with Gasteiger partial charge in [-0.25, -0.2) is 4.79 Å². The van der Waals surface area contributed by atoms with Crippen LogP contribution in [0.1, 0.15) is 88.9 Å². The number of carbonyl (C=O) groups excluding carboxylic acids is 2. The lowest BCUT2D eigenvalue weighted by Crippen LogP contribution is -2.22. The summed E-state index contributed by atoms with van der Waals surface area (Å²) in [5, 5.41) is -0.770. The number of ether oxygens (including phenoxy) is 4. The van der Waals surface area contributed by atoms with Crippen molar-refractivity contribution in [1.82, 2.24) is 0 Å². The lowest BCUT2D eigenvalue weighted by atomic mass is 10.1. The molecule has 0 aliphatic rings. The maximum atomic E-state index is 12.8. The van der Waals surface area contributed by atoms with Crippen LogP contribution in [-0.4, -0.2) is 31.0 Å². The zero-order valence-corrected chi connectivity index (χ0v) is 26.7. The molecule has 0 saturated heterocycles. The summed E-state index contributed by atoms with van der Waals surface area (Å²) in [6.45, 7) is 6.93. The van der Waals surface area contributed by atoms with Gasteiger partial charge in [0.05, 0.1) is 19.3 Å². The van der Waals surface area contributed by atoms with E-state index < -0.39 is 17.3 Å². The van der Waals surface area contributed by atoms with Crippen LogP contribution in [-0.2, 0) is 4.79 Å². The van der Waals surface area contributed by atoms with E-state index >= 15 is 0 Å². The van der Waals surface area contributed by atoms with Gasteiger partial charge in [-0.3, -0.25) is 4.79 Å². The van der Waals surface area contributed by atoms with E-state index in [-0.39, 0.29) is 23.0 Å². The van der Waals surface area contributed by atoms with E-state index in [4.69, 9.17) is 30.5 Å². The molecule has 0 aliphatic carbocycles. The molecular formula is C36H45ClO6. The molecule has 7 heteroatoms. The van der Waals surface area contributed by atoms with Crippen molar-refractivity contribution in [2.45, 2.75) is 83.9 Å². The number of hydrogen-bond acceptors (Lipinski definition) is 6. The first-order valence-electron chi connectivity index (χ1n) is 15.4. The molecule has 232 valence electrons. The number of rotatable bonds is 18. The number of esters is 2. The molecule has 0 N–H and O–H groups in total. The molecule has 0 saturated carbocycles. The zero-order valence-electron chi connectivity index (χ0n) is 25.9. The highest BCUT2D eigenvalue weighted by atomic mass is 35.5. The number of halogens is 1. The van der Waals surface area contributed by atoms with Gasteiger partial charge in [-0.15, -0.1) is 11.6 Å². The molecule has 0 heterocycles. The average molecular weight is 609 g/mol. The van der Waals surface area contributed by atoms with Crippen LogP contribution in [0.2, 0.25) is 0 Å². The maximum Gasteiger partial charge on any atom is 0.343 e. The predicted octanol–water partition coefficient (Wildman–Crippen LogP) is 9.66. The molecule has 0 bridgehead atoms. The molecule has 0 aromatic heterocycles. The summed E-state index contributed by atoms with van der Waals surface area (Å²) in [6.07, 6.45) is 10.7. The number of methoxy groups -OCH3 is 1. The average Bonchev–Trinajstić information content (AvgIpc) is 3.00. The molecular weight excluding hydrogens is 564 g/mol. The van der Waals surface area contributed by atoms with Gasteiger partial charge in [-0.05, 0) is 72.4 Å². The summed E-state index contributed by atoms with van der Waals surface area (Å²) < 4.78 is 22.2. The molecule has 0 amide bonds. The molecule has 0 spiro atoms. The van der Waals surface area contributed by atoms with Crippen molar-refractivity contribution in [2.75, 3.05) is 13.7 Å². The Morgan fingerprint density at radius 2 is 1.30 bits per heavy atom. The molecule has 3 aromatic rings. The lowest BCUT2D eigenvalue weighted by Gasteiger charge is -2.14. The maximum absolute atomic E-state index is 12.8. The van der Waals surface area contributed by atoms with Crippen molar-refractivity contribution in [3.63, 3.8) is 0 Å². The number of unbranched alkanes of at least 4 members (excludes halogenated alkanes) is 7. The number of carbonyl (C=O) groups is 2. The summed E-state index contributed by atoms with van der Waals surface area (Å²) in [6, 6.07) is 19.8. The minimum absolute atomic E-state index is 0.187. The van der Waals surface area contributed by atoms with Crippen LogP contribution in [0.15, 0.2) is 66.7 Å². The Hall–Kier alpha value is -3.51. The topological polar surface area (TPSA) is 71.1 Å². The largest absolute Gasteiger partial charge is 0.494 e. The van der Waals surface area contributed by atoms with Crippen molar-refractivity contribution in [3.05, 3.63) is 72.3 Å². The Kier molecular flexibility index (Phi) is 14.4. The normalized spacial score (nSPS) is 11.7. The highest BCUT2D eigenvalue weighted by Gasteiger charge is 2.22. The van der Waals surface area contributed by atoms with Gasteiger partial charge >= 0.3 is 11.9 Å². The zero-order chi connectivity index (χ0) is 31.0. The van der Waals surface area contributed by atoms with Crippen LogP contribution in [0.25, 0.3) is 11.1 Å². The molecule has 0 aliphatic heterocycles. The molecule has 43 heavy (non-hydrogen) atoms. The molecule has 6 nitrogen and oxygen atoms in total. The van der Waals surface area contributed by atoms with Crippen molar-refractivity contribution in [2.24, 2.45) is 5.92 Å². The van der Waals surface area contributed by atoms with Gasteiger partial charge < -0.3 is 18.9 Å². The Morgan fingerprint density at radius 1 is 0.721 bits per heavy atom. The quantitative estimate of drug-likeness (QED) is 0.0619. The van der Waals surface area contributed by atoms with E-state index in [0.717, 1.165) is 29.9 Å². The van der Waals surface area contributed by atoms with Gasteiger partial charge in [0.1, 0.15) is 16.9 Å². The third-order valence-electron chi connectivity index (χ3n) is 7.06. The SMILES string of the molecule is CCCCCCCCCCOc1ccc(-c2ccc(OC(=O)c3ccc(OC(=O)[C@@H](Cl)CC(C)C)c(OC)c3)cc2)cc1. The summed E-state index contributed by atoms with van der Waals surface area (Å²) in [5.41, 5.74) is 2.30. The van der Waals surface area contributed by atoms with E-state index in [2.05, 4.69) is 6.92 Å². The third kappa shape index (κ3) is 11.6. The van der Waals surface area contributed by atoms with E-state index in [1.54, 1.807) is 12.1 Å². The minimum Gasteiger partial charge on any atom is -0.494 e. The van der Waals surface area contributed by atoms with E-state index in [1.807, 2.05) is 50.2 Å². The van der Waals surface area contributed by atoms with Crippen LogP contribution in [0.5, 0.6) is 23.0 Å². The molecule has 0 unspecified atom stereocenters. The fraction of sp³-hybridized carbons (Fsp3) is 0.444. The first-order valence-corrected chi connectivity index (χ1v) is 15.8. The Labute approximate surface area is 261 Å². The van der Waals surface area contributed by atoms with Crippen LogP contribution in [0.4, 0.5) is 0 Å². The van der Waals surface area contributed by atoms with Crippen LogP contribution >= 0.6 is 11.6 Å². The highest BCUT2D eigenvalue weighted by Crippen LogP contribution is 2.30. The Balaban J connectivity index is 1.48. The van der Waals surface area contributed by atoms with Gasteiger partial charge in [0.25, 0.3) is 0 Å². The molecule has 3 aromatic carbocycles. The lowest BCUT2D eigenvalue weighted by molar-refractivity contribution is -0.134. The van der Waals surface area contributed by atoms with Gasteiger partial charge in [0, 0.05) is 0 Å². The number of hydrogen-bond donors (Lipinski definition) is 0. The van der Waals surface area contributed by atoms with Gasteiger partial charge in [-0.2, -0.15) is 0 Å². The predicted molar refractivity (Wildman–Crippen MR) is 173 cm³/mol. The Morgan fingerprint density at radius 3 is 1.88 bits per heavy atom. The molecule has 0 radical (unpaired) electrons.